The van der Waals surface area contributed by atoms with Gasteiger partial charge in [0, 0.05) is 23.8 Å². The van der Waals surface area contributed by atoms with Crippen molar-refractivity contribution in [3.8, 4) is 0 Å². The van der Waals surface area contributed by atoms with E-state index in [1.54, 1.807) is 24.3 Å². The minimum Gasteiger partial charge on any atom is -0.351 e. The quantitative estimate of drug-likeness (QED) is 0.537. The topological polar surface area (TPSA) is 44.7 Å². The maximum Gasteiger partial charge on any atom is 0.234 e. The summed E-state index contributed by atoms with van der Waals surface area (Å²) < 4.78 is 0. The average Bonchev–Trinajstić information content (AvgIpc) is 2.97. The Hall–Kier alpha value is -1.98. The highest BCUT2D eigenvalue weighted by Crippen LogP contribution is 2.21. The SMILES string of the molecule is O=C(CSC(=Nc1ccccc1)N1CCCCCC1)Nc1ccc(Cl)cc1. The van der Waals surface area contributed by atoms with E-state index in [9.17, 15) is 4.79 Å². The van der Waals surface area contributed by atoms with Gasteiger partial charge in [0.15, 0.2) is 5.17 Å². The van der Waals surface area contributed by atoms with Crippen molar-refractivity contribution in [2.45, 2.75) is 25.7 Å². The summed E-state index contributed by atoms with van der Waals surface area (Å²) in [7, 11) is 0. The molecule has 2 aromatic rings. The van der Waals surface area contributed by atoms with Crippen LogP contribution in [0.5, 0.6) is 0 Å². The predicted octanol–water partition coefficient (Wildman–Crippen LogP) is 5.58. The van der Waals surface area contributed by atoms with Gasteiger partial charge in [0.1, 0.15) is 0 Å². The van der Waals surface area contributed by atoms with E-state index in [1.165, 1.54) is 37.4 Å². The first kappa shape index (κ1) is 19.8. The molecule has 2 aromatic carbocycles. The number of carbonyl (C=O) groups is 1. The summed E-state index contributed by atoms with van der Waals surface area (Å²) in [6.45, 7) is 1.99. The summed E-state index contributed by atoms with van der Waals surface area (Å²) in [6.07, 6.45) is 4.87. The second-order valence-electron chi connectivity index (χ2n) is 6.47. The molecule has 27 heavy (non-hydrogen) atoms. The fourth-order valence-corrected chi connectivity index (χ4v) is 3.92. The van der Waals surface area contributed by atoms with Gasteiger partial charge in [0.05, 0.1) is 11.4 Å². The minimum absolute atomic E-state index is 0.0436. The molecule has 1 amide bonds. The highest BCUT2D eigenvalue weighted by Gasteiger charge is 2.16. The molecule has 1 aliphatic heterocycles. The van der Waals surface area contributed by atoms with Gasteiger partial charge in [-0.3, -0.25) is 4.79 Å². The van der Waals surface area contributed by atoms with Gasteiger partial charge in [0.2, 0.25) is 5.91 Å². The van der Waals surface area contributed by atoms with Crippen LogP contribution in [-0.4, -0.2) is 34.8 Å². The number of carbonyl (C=O) groups excluding carboxylic acids is 1. The maximum atomic E-state index is 12.4. The summed E-state index contributed by atoms with van der Waals surface area (Å²) in [5.41, 5.74) is 1.67. The predicted molar refractivity (Wildman–Crippen MR) is 116 cm³/mol. The summed E-state index contributed by atoms with van der Waals surface area (Å²) in [4.78, 5) is 19.5. The number of halogens is 1. The van der Waals surface area contributed by atoms with E-state index in [0.717, 1.165) is 29.6 Å². The van der Waals surface area contributed by atoms with Crippen LogP contribution in [-0.2, 0) is 4.79 Å². The lowest BCUT2D eigenvalue weighted by atomic mass is 10.2. The number of para-hydroxylation sites is 1. The molecule has 0 atom stereocenters. The lowest BCUT2D eigenvalue weighted by molar-refractivity contribution is -0.113. The summed E-state index contributed by atoms with van der Waals surface area (Å²) >= 11 is 7.39. The van der Waals surface area contributed by atoms with Crippen molar-refractivity contribution in [3.05, 3.63) is 59.6 Å². The third-order valence-corrected chi connectivity index (χ3v) is 5.58. The number of rotatable bonds is 4. The Morgan fingerprint density at radius 3 is 2.33 bits per heavy atom. The Bertz CT molecular complexity index is 757. The molecule has 142 valence electrons. The van der Waals surface area contributed by atoms with Crippen molar-refractivity contribution in [2.75, 3.05) is 24.2 Å². The van der Waals surface area contributed by atoms with Crippen LogP contribution in [0.15, 0.2) is 59.6 Å². The van der Waals surface area contributed by atoms with Gasteiger partial charge < -0.3 is 10.2 Å². The number of likely N-dealkylation sites (tertiary alicyclic amines) is 1. The van der Waals surface area contributed by atoms with Crippen molar-refractivity contribution in [3.63, 3.8) is 0 Å². The molecule has 0 radical (unpaired) electrons. The van der Waals surface area contributed by atoms with Crippen molar-refractivity contribution in [2.24, 2.45) is 4.99 Å². The molecule has 3 rings (SSSR count). The highest BCUT2D eigenvalue weighted by molar-refractivity contribution is 8.14. The Balaban J connectivity index is 1.66. The Morgan fingerprint density at radius 1 is 1.00 bits per heavy atom. The van der Waals surface area contributed by atoms with Crippen LogP contribution >= 0.6 is 23.4 Å². The molecule has 0 unspecified atom stereocenters. The Morgan fingerprint density at radius 2 is 1.67 bits per heavy atom. The molecule has 0 bridgehead atoms. The van der Waals surface area contributed by atoms with E-state index < -0.39 is 0 Å². The summed E-state index contributed by atoms with van der Waals surface area (Å²) in [6, 6.07) is 17.1. The van der Waals surface area contributed by atoms with E-state index >= 15 is 0 Å². The Labute approximate surface area is 170 Å². The van der Waals surface area contributed by atoms with Crippen molar-refractivity contribution in [1.82, 2.24) is 4.90 Å². The van der Waals surface area contributed by atoms with Crippen molar-refractivity contribution in [1.29, 1.82) is 0 Å². The Kier molecular flexibility index (Phi) is 7.60. The number of benzene rings is 2. The number of hydrogen-bond acceptors (Lipinski definition) is 3. The smallest absolute Gasteiger partial charge is 0.234 e. The lowest BCUT2D eigenvalue weighted by Gasteiger charge is -2.23. The molecule has 0 aliphatic carbocycles. The largest absolute Gasteiger partial charge is 0.351 e. The molecule has 4 nitrogen and oxygen atoms in total. The van der Waals surface area contributed by atoms with Crippen molar-refractivity contribution < 1.29 is 4.79 Å². The first-order valence-electron chi connectivity index (χ1n) is 9.27. The first-order chi connectivity index (χ1) is 13.2. The molecule has 0 spiro atoms. The highest BCUT2D eigenvalue weighted by atomic mass is 35.5. The number of nitrogens with one attached hydrogen (secondary N) is 1. The number of anilines is 1. The van der Waals surface area contributed by atoms with E-state index in [0.29, 0.717) is 10.8 Å². The molecule has 6 heteroatoms. The zero-order chi connectivity index (χ0) is 18.9. The number of amides is 1. The zero-order valence-electron chi connectivity index (χ0n) is 15.2. The van der Waals surface area contributed by atoms with Crippen LogP contribution < -0.4 is 5.32 Å². The minimum atomic E-state index is -0.0436. The molecule has 1 saturated heterocycles. The number of hydrogen-bond donors (Lipinski definition) is 1. The molecule has 1 fully saturated rings. The normalized spacial score (nSPS) is 15.3. The van der Waals surface area contributed by atoms with Gasteiger partial charge in [-0.2, -0.15) is 0 Å². The number of aliphatic imine (C=N–C) groups is 1. The van der Waals surface area contributed by atoms with Gasteiger partial charge in [-0.05, 0) is 49.2 Å². The fourth-order valence-electron chi connectivity index (χ4n) is 2.93. The number of amidine groups is 1. The monoisotopic (exact) mass is 401 g/mol. The van der Waals surface area contributed by atoms with Crippen molar-refractivity contribution >= 4 is 45.8 Å². The van der Waals surface area contributed by atoms with Crippen LogP contribution in [0.1, 0.15) is 25.7 Å². The average molecular weight is 402 g/mol. The summed E-state index contributed by atoms with van der Waals surface area (Å²) in [5, 5.41) is 4.49. The van der Waals surface area contributed by atoms with E-state index in [2.05, 4.69) is 10.2 Å². The molecule has 0 aromatic heterocycles. The first-order valence-corrected chi connectivity index (χ1v) is 10.6. The van der Waals surface area contributed by atoms with E-state index in [-0.39, 0.29) is 5.91 Å². The van der Waals surface area contributed by atoms with Crippen LogP contribution in [0.3, 0.4) is 0 Å². The van der Waals surface area contributed by atoms with Crippen LogP contribution in [0, 0.1) is 0 Å². The van der Waals surface area contributed by atoms with Crippen LogP contribution in [0.25, 0.3) is 0 Å². The van der Waals surface area contributed by atoms with E-state index in [1.807, 2.05) is 30.3 Å². The molecule has 1 heterocycles. The van der Waals surface area contributed by atoms with Crippen LogP contribution in [0.2, 0.25) is 5.02 Å². The molecular weight excluding hydrogens is 378 g/mol. The number of nitrogens with zero attached hydrogens (tertiary/aromatic N) is 2. The molecule has 1 aliphatic rings. The van der Waals surface area contributed by atoms with E-state index in [4.69, 9.17) is 16.6 Å². The number of thioether (sulfide) groups is 1. The summed E-state index contributed by atoms with van der Waals surface area (Å²) in [5.74, 6) is 0.281. The molecular formula is C21H24ClN3OS. The second kappa shape index (κ2) is 10.4. The second-order valence-corrected chi connectivity index (χ2v) is 7.85. The fraction of sp³-hybridized carbons (Fsp3) is 0.333. The van der Waals surface area contributed by atoms with Gasteiger partial charge in [-0.25, -0.2) is 4.99 Å². The standard InChI is InChI=1S/C21H24ClN3OS/c22-17-10-12-19(13-11-17)23-20(26)16-27-21(24-18-8-4-3-5-9-18)25-14-6-1-2-7-15-25/h3-5,8-13H,1-2,6-7,14-16H2,(H,23,26). The maximum absolute atomic E-state index is 12.4. The van der Waals surface area contributed by atoms with Gasteiger partial charge >= 0.3 is 0 Å². The molecule has 1 N–H and O–H groups in total. The molecule has 0 saturated carbocycles. The lowest BCUT2D eigenvalue weighted by Crippen LogP contribution is -2.31. The third kappa shape index (κ3) is 6.60. The van der Waals surface area contributed by atoms with Gasteiger partial charge in [-0.15, -0.1) is 0 Å². The zero-order valence-corrected chi connectivity index (χ0v) is 16.8. The van der Waals surface area contributed by atoms with Gasteiger partial charge in [0.25, 0.3) is 0 Å². The third-order valence-electron chi connectivity index (χ3n) is 4.32. The van der Waals surface area contributed by atoms with Gasteiger partial charge in [-0.1, -0.05) is 54.4 Å². The van der Waals surface area contributed by atoms with Crippen LogP contribution in [0.4, 0.5) is 11.4 Å².